The molecule has 1 amide bonds. The van der Waals surface area contributed by atoms with Crippen molar-refractivity contribution in [3.63, 3.8) is 0 Å². The van der Waals surface area contributed by atoms with E-state index in [0.717, 1.165) is 12.1 Å². The number of sulfonamides is 1. The van der Waals surface area contributed by atoms with Gasteiger partial charge in [-0.25, -0.2) is 8.42 Å². The first-order valence-corrected chi connectivity index (χ1v) is 9.58. The highest BCUT2D eigenvalue weighted by Gasteiger charge is 2.28. The third-order valence-electron chi connectivity index (χ3n) is 3.96. The molecular formula is C16H25N3O3S. The van der Waals surface area contributed by atoms with E-state index in [0.29, 0.717) is 30.8 Å². The van der Waals surface area contributed by atoms with E-state index >= 15 is 0 Å². The number of hydrogen-bond donors (Lipinski definition) is 2. The van der Waals surface area contributed by atoms with Gasteiger partial charge in [0.1, 0.15) is 0 Å². The number of benzene rings is 1. The van der Waals surface area contributed by atoms with Crippen LogP contribution in [0.4, 0.5) is 5.69 Å². The zero-order valence-corrected chi connectivity index (χ0v) is 14.7. The van der Waals surface area contributed by atoms with E-state index in [1.165, 1.54) is 4.31 Å². The number of nitrogens with one attached hydrogen (secondary N) is 2. The molecule has 1 fully saturated rings. The van der Waals surface area contributed by atoms with Crippen LogP contribution < -0.4 is 14.9 Å². The van der Waals surface area contributed by atoms with E-state index in [9.17, 15) is 13.2 Å². The maximum absolute atomic E-state index is 12.3. The van der Waals surface area contributed by atoms with Crippen LogP contribution in [-0.2, 0) is 10.0 Å². The molecule has 0 unspecified atom stereocenters. The second-order valence-electron chi connectivity index (χ2n) is 5.91. The fourth-order valence-corrected chi connectivity index (χ4v) is 4.31. The lowest BCUT2D eigenvalue weighted by Gasteiger charge is -2.19. The van der Waals surface area contributed by atoms with Crippen molar-refractivity contribution in [3.8, 4) is 0 Å². The Labute approximate surface area is 138 Å². The van der Waals surface area contributed by atoms with Crippen molar-refractivity contribution >= 4 is 21.6 Å². The Hall–Kier alpha value is -1.60. The van der Waals surface area contributed by atoms with Crippen LogP contribution in [0.3, 0.4) is 0 Å². The zero-order chi connectivity index (χ0) is 17.0. The highest BCUT2D eigenvalue weighted by Crippen LogP contribution is 2.26. The summed E-state index contributed by atoms with van der Waals surface area (Å²) in [7, 11) is -3.19. The summed E-state index contributed by atoms with van der Waals surface area (Å²) in [4.78, 5) is 12.3. The van der Waals surface area contributed by atoms with Crippen molar-refractivity contribution in [1.82, 2.24) is 10.6 Å². The monoisotopic (exact) mass is 339 g/mol. The Morgan fingerprint density at radius 3 is 2.70 bits per heavy atom. The normalized spacial score (nSPS) is 18.0. The Bertz CT molecular complexity index is 673. The Kier molecular flexibility index (Phi) is 5.64. The molecule has 1 aromatic carbocycles. The maximum atomic E-state index is 12.3. The lowest BCUT2D eigenvalue weighted by atomic mass is 10.1. The van der Waals surface area contributed by atoms with Crippen LogP contribution in [0.2, 0.25) is 0 Å². The molecule has 0 spiro atoms. The first-order chi connectivity index (χ1) is 10.8. The van der Waals surface area contributed by atoms with Gasteiger partial charge in [-0.2, -0.15) is 0 Å². The summed E-state index contributed by atoms with van der Waals surface area (Å²) < 4.78 is 25.4. The largest absolute Gasteiger partial charge is 0.350 e. The van der Waals surface area contributed by atoms with E-state index in [-0.39, 0.29) is 17.7 Å². The summed E-state index contributed by atoms with van der Waals surface area (Å²) >= 11 is 0. The van der Waals surface area contributed by atoms with Crippen LogP contribution in [-0.4, -0.2) is 45.8 Å². The predicted octanol–water partition coefficient (Wildman–Crippen LogP) is 1.26. The van der Waals surface area contributed by atoms with Crippen molar-refractivity contribution in [2.24, 2.45) is 0 Å². The van der Waals surface area contributed by atoms with E-state index < -0.39 is 10.0 Å². The van der Waals surface area contributed by atoms with Gasteiger partial charge in [-0.3, -0.25) is 9.10 Å². The van der Waals surface area contributed by atoms with Crippen molar-refractivity contribution in [1.29, 1.82) is 0 Å². The van der Waals surface area contributed by atoms with Gasteiger partial charge in [-0.05, 0) is 50.6 Å². The zero-order valence-electron chi connectivity index (χ0n) is 13.9. The Morgan fingerprint density at radius 1 is 1.39 bits per heavy atom. The van der Waals surface area contributed by atoms with Crippen LogP contribution in [0.25, 0.3) is 0 Å². The van der Waals surface area contributed by atoms with Gasteiger partial charge in [-0.1, -0.05) is 6.92 Å². The topological polar surface area (TPSA) is 78.5 Å². The molecule has 128 valence electrons. The molecule has 1 heterocycles. The summed E-state index contributed by atoms with van der Waals surface area (Å²) in [5.74, 6) is 0.0550. The van der Waals surface area contributed by atoms with Crippen LogP contribution in [0.5, 0.6) is 0 Å². The molecule has 23 heavy (non-hydrogen) atoms. The van der Waals surface area contributed by atoms with Crippen LogP contribution in [0.1, 0.15) is 36.2 Å². The van der Waals surface area contributed by atoms with E-state index in [4.69, 9.17) is 0 Å². The smallest absolute Gasteiger partial charge is 0.251 e. The van der Waals surface area contributed by atoms with Gasteiger partial charge >= 0.3 is 0 Å². The Balaban J connectivity index is 2.09. The molecule has 1 saturated heterocycles. The van der Waals surface area contributed by atoms with Crippen molar-refractivity contribution in [3.05, 3.63) is 29.3 Å². The highest BCUT2D eigenvalue weighted by atomic mass is 32.2. The second-order valence-corrected chi connectivity index (χ2v) is 7.92. The van der Waals surface area contributed by atoms with Gasteiger partial charge in [0.25, 0.3) is 5.91 Å². The van der Waals surface area contributed by atoms with Gasteiger partial charge in [0.2, 0.25) is 10.0 Å². The van der Waals surface area contributed by atoms with E-state index in [2.05, 4.69) is 10.6 Å². The minimum Gasteiger partial charge on any atom is -0.350 e. The van der Waals surface area contributed by atoms with Crippen molar-refractivity contribution in [2.45, 2.75) is 33.2 Å². The minimum absolute atomic E-state index is 0.136. The third-order valence-corrected chi connectivity index (χ3v) is 5.83. The lowest BCUT2D eigenvalue weighted by molar-refractivity contribution is 0.0949. The Morgan fingerprint density at radius 2 is 2.13 bits per heavy atom. The summed E-state index contributed by atoms with van der Waals surface area (Å²) in [6.07, 6.45) is 0.645. The van der Waals surface area contributed by atoms with Crippen LogP contribution in [0.15, 0.2) is 18.2 Å². The van der Waals surface area contributed by atoms with Gasteiger partial charge in [0.05, 0.1) is 11.4 Å². The summed E-state index contributed by atoms with van der Waals surface area (Å²) in [6, 6.07) is 5.38. The first-order valence-electron chi connectivity index (χ1n) is 7.98. The lowest BCUT2D eigenvalue weighted by Crippen LogP contribution is -2.39. The number of anilines is 1. The molecule has 6 nitrogen and oxygen atoms in total. The average Bonchev–Trinajstić information content (AvgIpc) is 2.84. The molecule has 1 aliphatic heterocycles. The molecule has 1 atom stereocenters. The summed E-state index contributed by atoms with van der Waals surface area (Å²) in [5, 5.41) is 6.13. The molecule has 1 aliphatic rings. The molecule has 0 aliphatic carbocycles. The number of likely N-dealkylation sites (N-methyl/N-ethyl adjacent to an activating group) is 1. The molecule has 0 saturated carbocycles. The molecule has 7 heteroatoms. The van der Waals surface area contributed by atoms with E-state index in [1.807, 2.05) is 20.8 Å². The molecule has 2 rings (SSSR count). The van der Waals surface area contributed by atoms with Crippen LogP contribution >= 0.6 is 0 Å². The summed E-state index contributed by atoms with van der Waals surface area (Å²) in [5.41, 5.74) is 1.99. The number of nitrogens with zero attached hydrogens (tertiary/aromatic N) is 1. The maximum Gasteiger partial charge on any atom is 0.251 e. The summed E-state index contributed by atoms with van der Waals surface area (Å²) in [6.45, 7) is 7.78. The molecule has 0 radical (unpaired) electrons. The fourth-order valence-electron chi connectivity index (χ4n) is 2.75. The van der Waals surface area contributed by atoms with Gasteiger partial charge in [0.15, 0.2) is 0 Å². The quantitative estimate of drug-likeness (QED) is 0.818. The number of rotatable bonds is 6. The molecular weight excluding hydrogens is 314 g/mol. The number of hydrogen-bond acceptors (Lipinski definition) is 4. The average molecular weight is 339 g/mol. The molecule has 2 N–H and O–H groups in total. The minimum atomic E-state index is -3.19. The SMILES string of the molecule is CCN[C@H](C)CNC(=O)c1ccc(N2CCCS2(=O)=O)cc1C. The predicted molar refractivity (Wildman–Crippen MR) is 92.4 cm³/mol. The molecule has 0 bridgehead atoms. The van der Waals surface area contributed by atoms with Crippen LogP contribution in [0, 0.1) is 6.92 Å². The van der Waals surface area contributed by atoms with Crippen molar-refractivity contribution < 1.29 is 13.2 Å². The van der Waals surface area contributed by atoms with Gasteiger partial charge in [0, 0.05) is 24.7 Å². The number of carbonyl (C=O) groups excluding carboxylic acids is 1. The van der Waals surface area contributed by atoms with Gasteiger partial charge < -0.3 is 10.6 Å². The number of carbonyl (C=O) groups is 1. The molecule has 1 aromatic rings. The second kappa shape index (κ2) is 7.31. The first kappa shape index (κ1) is 17.7. The fraction of sp³-hybridized carbons (Fsp3) is 0.562. The van der Waals surface area contributed by atoms with Gasteiger partial charge in [-0.15, -0.1) is 0 Å². The third kappa shape index (κ3) is 4.23. The van der Waals surface area contributed by atoms with E-state index in [1.54, 1.807) is 18.2 Å². The number of amides is 1. The van der Waals surface area contributed by atoms with Crippen molar-refractivity contribution in [2.75, 3.05) is 29.7 Å². The standard InChI is InChI=1S/C16H25N3O3S/c1-4-17-13(3)11-18-16(20)15-7-6-14(10-12(15)2)19-8-5-9-23(19,21)22/h6-7,10,13,17H,4-5,8-9,11H2,1-3H3,(H,18,20)/t13-/m1/s1. The number of aryl methyl sites for hydroxylation is 1. The molecule has 0 aromatic heterocycles. The highest BCUT2D eigenvalue weighted by molar-refractivity contribution is 7.93.